The molecule has 0 aliphatic carbocycles. The summed E-state index contributed by atoms with van der Waals surface area (Å²) in [5, 5.41) is 4.02. The van der Waals surface area contributed by atoms with Gasteiger partial charge in [0, 0.05) is 11.1 Å². The third-order valence-corrected chi connectivity index (χ3v) is 3.33. The minimum Gasteiger partial charge on any atom is -0.493 e. The maximum absolute atomic E-state index is 11.9. The lowest BCUT2D eigenvalue weighted by Crippen LogP contribution is -2.17. The normalized spacial score (nSPS) is 10.7. The Morgan fingerprint density at radius 3 is 2.61 bits per heavy atom. The molecule has 4 nitrogen and oxygen atoms in total. The Kier molecular flexibility index (Phi) is 6.85. The maximum atomic E-state index is 11.9. The van der Waals surface area contributed by atoms with E-state index in [4.69, 9.17) is 4.74 Å². The summed E-state index contributed by atoms with van der Waals surface area (Å²) in [5.41, 5.74) is 3.95. The molecule has 0 aliphatic rings. The SMILES string of the molecule is CCCCCOc1ccccc1/C=N\NC(=O)c1ccccc1. The number of nitrogens with one attached hydrogen (secondary N) is 1. The maximum Gasteiger partial charge on any atom is 0.271 e. The largest absolute Gasteiger partial charge is 0.493 e. The van der Waals surface area contributed by atoms with Crippen LogP contribution in [-0.2, 0) is 0 Å². The van der Waals surface area contributed by atoms with Crippen molar-refractivity contribution < 1.29 is 9.53 Å². The van der Waals surface area contributed by atoms with Crippen LogP contribution in [0.2, 0.25) is 0 Å². The van der Waals surface area contributed by atoms with Crippen molar-refractivity contribution in [3.63, 3.8) is 0 Å². The van der Waals surface area contributed by atoms with Crippen LogP contribution in [0, 0.1) is 0 Å². The molecule has 0 saturated heterocycles. The third-order valence-electron chi connectivity index (χ3n) is 3.33. The van der Waals surface area contributed by atoms with Crippen LogP contribution >= 0.6 is 0 Å². The Morgan fingerprint density at radius 2 is 1.83 bits per heavy atom. The number of hydrazone groups is 1. The highest BCUT2D eigenvalue weighted by Crippen LogP contribution is 2.16. The van der Waals surface area contributed by atoms with Gasteiger partial charge in [0.2, 0.25) is 0 Å². The van der Waals surface area contributed by atoms with E-state index in [1.807, 2.05) is 42.5 Å². The van der Waals surface area contributed by atoms with Crippen LogP contribution < -0.4 is 10.2 Å². The fraction of sp³-hybridized carbons (Fsp3) is 0.263. The fourth-order valence-corrected chi connectivity index (χ4v) is 2.07. The van der Waals surface area contributed by atoms with E-state index in [0.29, 0.717) is 12.2 Å². The molecule has 0 aromatic heterocycles. The summed E-state index contributed by atoms with van der Waals surface area (Å²) in [6.45, 7) is 2.85. The summed E-state index contributed by atoms with van der Waals surface area (Å²) in [5.74, 6) is 0.546. The standard InChI is InChI=1S/C19H22N2O2/c1-2-3-9-14-23-18-13-8-7-12-17(18)15-20-21-19(22)16-10-5-4-6-11-16/h4-8,10-13,15H,2-3,9,14H2,1H3,(H,21,22)/b20-15-. The van der Waals surface area contributed by atoms with E-state index in [-0.39, 0.29) is 5.91 Å². The van der Waals surface area contributed by atoms with E-state index in [1.165, 1.54) is 0 Å². The minimum absolute atomic E-state index is 0.233. The highest BCUT2D eigenvalue weighted by Gasteiger charge is 2.03. The second kappa shape index (κ2) is 9.41. The number of hydrogen-bond acceptors (Lipinski definition) is 3. The average molecular weight is 310 g/mol. The molecule has 2 aromatic carbocycles. The van der Waals surface area contributed by atoms with E-state index in [2.05, 4.69) is 17.5 Å². The lowest BCUT2D eigenvalue weighted by Gasteiger charge is -2.08. The number of ether oxygens (including phenoxy) is 1. The Labute approximate surface area is 137 Å². The molecule has 0 heterocycles. The van der Waals surface area contributed by atoms with Gasteiger partial charge in [-0.05, 0) is 30.7 Å². The fourth-order valence-electron chi connectivity index (χ4n) is 2.07. The zero-order chi connectivity index (χ0) is 16.3. The molecule has 0 saturated carbocycles. The van der Waals surface area contributed by atoms with Gasteiger partial charge in [-0.3, -0.25) is 4.79 Å². The van der Waals surface area contributed by atoms with E-state index in [9.17, 15) is 4.79 Å². The monoisotopic (exact) mass is 310 g/mol. The van der Waals surface area contributed by atoms with Crippen molar-refractivity contribution in [1.29, 1.82) is 0 Å². The lowest BCUT2D eigenvalue weighted by molar-refractivity contribution is 0.0955. The quantitative estimate of drug-likeness (QED) is 0.455. The highest BCUT2D eigenvalue weighted by atomic mass is 16.5. The van der Waals surface area contributed by atoms with E-state index < -0.39 is 0 Å². The Hall–Kier alpha value is -2.62. The number of nitrogens with zero attached hydrogens (tertiary/aromatic N) is 1. The van der Waals surface area contributed by atoms with Gasteiger partial charge in [0.1, 0.15) is 5.75 Å². The molecule has 0 radical (unpaired) electrons. The molecule has 0 spiro atoms. The van der Waals surface area contributed by atoms with Gasteiger partial charge in [0.15, 0.2) is 0 Å². The van der Waals surface area contributed by atoms with E-state index in [1.54, 1.807) is 18.3 Å². The van der Waals surface area contributed by atoms with E-state index >= 15 is 0 Å². The second-order valence-corrected chi connectivity index (χ2v) is 5.16. The van der Waals surface area contributed by atoms with Crippen molar-refractivity contribution in [2.24, 2.45) is 5.10 Å². The minimum atomic E-state index is -0.233. The second-order valence-electron chi connectivity index (χ2n) is 5.16. The van der Waals surface area contributed by atoms with Gasteiger partial charge in [0.05, 0.1) is 12.8 Å². The summed E-state index contributed by atoms with van der Waals surface area (Å²) in [6, 6.07) is 16.7. The predicted octanol–water partition coefficient (Wildman–Crippen LogP) is 4.02. The van der Waals surface area contributed by atoms with Crippen molar-refractivity contribution in [2.75, 3.05) is 6.61 Å². The lowest BCUT2D eigenvalue weighted by atomic mass is 10.2. The highest BCUT2D eigenvalue weighted by molar-refractivity contribution is 5.95. The predicted molar refractivity (Wildman–Crippen MR) is 93.0 cm³/mol. The van der Waals surface area contributed by atoms with Crippen LogP contribution in [0.3, 0.4) is 0 Å². The molecule has 0 bridgehead atoms. The smallest absolute Gasteiger partial charge is 0.271 e. The molecule has 2 rings (SSSR count). The van der Waals surface area contributed by atoms with Gasteiger partial charge in [-0.1, -0.05) is 50.1 Å². The zero-order valence-electron chi connectivity index (χ0n) is 13.4. The van der Waals surface area contributed by atoms with Gasteiger partial charge < -0.3 is 4.74 Å². The van der Waals surface area contributed by atoms with Gasteiger partial charge in [-0.25, -0.2) is 5.43 Å². The summed E-state index contributed by atoms with van der Waals surface area (Å²) >= 11 is 0. The number of para-hydroxylation sites is 1. The first kappa shape index (κ1) is 16.7. The zero-order valence-corrected chi connectivity index (χ0v) is 13.4. The van der Waals surface area contributed by atoms with Gasteiger partial charge >= 0.3 is 0 Å². The average Bonchev–Trinajstić information content (AvgIpc) is 2.60. The number of carbonyl (C=O) groups excluding carboxylic acids is 1. The molecule has 0 aliphatic heterocycles. The summed E-state index contributed by atoms with van der Waals surface area (Å²) in [6.07, 6.45) is 4.96. The molecule has 120 valence electrons. The van der Waals surface area contributed by atoms with Crippen LogP contribution in [0.1, 0.15) is 42.1 Å². The Morgan fingerprint density at radius 1 is 1.09 bits per heavy atom. The molecule has 0 atom stereocenters. The molecular formula is C19H22N2O2. The van der Waals surface area contributed by atoms with Gasteiger partial charge in [0.25, 0.3) is 5.91 Å². The number of amides is 1. The summed E-state index contributed by atoms with van der Waals surface area (Å²) in [4.78, 5) is 11.9. The number of unbranched alkanes of at least 4 members (excludes halogenated alkanes) is 2. The molecule has 0 unspecified atom stereocenters. The molecule has 23 heavy (non-hydrogen) atoms. The number of hydrogen-bond donors (Lipinski definition) is 1. The van der Waals surface area contributed by atoms with E-state index in [0.717, 1.165) is 30.6 Å². The van der Waals surface area contributed by atoms with Gasteiger partial charge in [-0.2, -0.15) is 5.10 Å². The first-order chi connectivity index (χ1) is 11.3. The molecular weight excluding hydrogens is 288 g/mol. The van der Waals surface area contributed by atoms with Crippen molar-refractivity contribution in [3.05, 3.63) is 65.7 Å². The van der Waals surface area contributed by atoms with Crippen LogP contribution in [0.25, 0.3) is 0 Å². The van der Waals surface area contributed by atoms with Crippen molar-refractivity contribution in [1.82, 2.24) is 5.43 Å². The first-order valence-electron chi connectivity index (χ1n) is 7.91. The Bertz CT molecular complexity index is 639. The number of rotatable bonds is 8. The molecule has 4 heteroatoms. The van der Waals surface area contributed by atoms with Crippen LogP contribution in [-0.4, -0.2) is 18.7 Å². The van der Waals surface area contributed by atoms with Crippen molar-refractivity contribution in [2.45, 2.75) is 26.2 Å². The summed E-state index contributed by atoms with van der Waals surface area (Å²) < 4.78 is 5.78. The Balaban J connectivity index is 1.92. The first-order valence-corrected chi connectivity index (χ1v) is 7.91. The number of carbonyl (C=O) groups is 1. The summed E-state index contributed by atoms with van der Waals surface area (Å²) in [7, 11) is 0. The van der Waals surface area contributed by atoms with Crippen LogP contribution in [0.15, 0.2) is 59.7 Å². The van der Waals surface area contributed by atoms with Crippen molar-refractivity contribution in [3.8, 4) is 5.75 Å². The topological polar surface area (TPSA) is 50.7 Å². The van der Waals surface area contributed by atoms with Crippen LogP contribution in [0.5, 0.6) is 5.75 Å². The molecule has 1 N–H and O–H groups in total. The molecule has 2 aromatic rings. The molecule has 1 amide bonds. The third kappa shape index (κ3) is 5.58. The van der Waals surface area contributed by atoms with Crippen LogP contribution in [0.4, 0.5) is 0 Å². The molecule has 0 fully saturated rings. The van der Waals surface area contributed by atoms with Gasteiger partial charge in [-0.15, -0.1) is 0 Å². The van der Waals surface area contributed by atoms with Crippen molar-refractivity contribution >= 4 is 12.1 Å². The number of benzene rings is 2.